The minimum Gasteiger partial charge on any atom is -0.453 e. The summed E-state index contributed by atoms with van der Waals surface area (Å²) >= 11 is 2.70. The monoisotopic (exact) mass is 369 g/mol. The van der Waals surface area contributed by atoms with Crippen LogP contribution in [0.25, 0.3) is 0 Å². The second-order valence-electron chi connectivity index (χ2n) is 5.12. The van der Waals surface area contributed by atoms with Gasteiger partial charge in [-0.25, -0.2) is 9.78 Å². The minimum atomic E-state index is -0.577. The SMILES string of the molecule is CC1OC(=O)C2=C1CSC(CNC(=O)/C(=N\O)c1csc(N)n1)N2. The average Bonchev–Trinajstić information content (AvgIpc) is 3.10. The van der Waals surface area contributed by atoms with Crippen LogP contribution in [0.5, 0.6) is 0 Å². The molecule has 2 atom stereocenters. The molecule has 2 aliphatic rings. The van der Waals surface area contributed by atoms with E-state index >= 15 is 0 Å². The number of amides is 1. The first-order valence-electron chi connectivity index (χ1n) is 7.03. The average molecular weight is 369 g/mol. The normalized spacial score (nSPS) is 23.5. The lowest BCUT2D eigenvalue weighted by Crippen LogP contribution is -2.44. The van der Waals surface area contributed by atoms with Gasteiger partial charge in [-0.2, -0.15) is 0 Å². The van der Waals surface area contributed by atoms with Gasteiger partial charge >= 0.3 is 5.97 Å². The first kappa shape index (κ1) is 16.6. The molecule has 0 fully saturated rings. The van der Waals surface area contributed by atoms with Crippen molar-refractivity contribution in [3.8, 4) is 0 Å². The Morgan fingerprint density at radius 3 is 3.12 bits per heavy atom. The number of thioether (sulfide) groups is 1. The molecule has 2 aliphatic heterocycles. The van der Waals surface area contributed by atoms with Gasteiger partial charge in [0.1, 0.15) is 17.5 Å². The van der Waals surface area contributed by atoms with Gasteiger partial charge in [0.05, 0.1) is 5.37 Å². The quantitative estimate of drug-likeness (QED) is 0.249. The highest BCUT2D eigenvalue weighted by Crippen LogP contribution is 2.30. The van der Waals surface area contributed by atoms with Crippen LogP contribution in [0.1, 0.15) is 12.6 Å². The molecule has 3 rings (SSSR count). The van der Waals surface area contributed by atoms with Crippen LogP contribution in [-0.4, -0.2) is 51.6 Å². The summed E-state index contributed by atoms with van der Waals surface area (Å²) in [5.41, 5.74) is 6.92. The Balaban J connectivity index is 1.59. The van der Waals surface area contributed by atoms with Gasteiger partial charge in [-0.3, -0.25) is 4.79 Å². The third kappa shape index (κ3) is 3.17. The van der Waals surface area contributed by atoms with Crippen molar-refractivity contribution in [3.05, 3.63) is 22.3 Å². The predicted octanol–water partition coefficient (Wildman–Crippen LogP) is -0.118. The largest absolute Gasteiger partial charge is 0.453 e. The van der Waals surface area contributed by atoms with E-state index in [1.54, 1.807) is 11.8 Å². The van der Waals surface area contributed by atoms with Crippen molar-refractivity contribution < 1.29 is 19.5 Å². The maximum Gasteiger partial charge on any atom is 0.355 e. The zero-order chi connectivity index (χ0) is 17.3. The first-order chi connectivity index (χ1) is 11.5. The van der Waals surface area contributed by atoms with E-state index in [0.29, 0.717) is 11.4 Å². The number of nitrogen functional groups attached to an aromatic ring is 1. The number of carbonyl (C=O) groups excluding carboxylic acids is 2. The van der Waals surface area contributed by atoms with E-state index in [0.717, 1.165) is 16.9 Å². The third-order valence-corrected chi connectivity index (χ3v) is 5.41. The molecule has 9 nitrogen and oxygen atoms in total. The Kier molecular flexibility index (Phi) is 4.62. The molecule has 0 radical (unpaired) electrons. The van der Waals surface area contributed by atoms with E-state index in [2.05, 4.69) is 20.8 Å². The van der Waals surface area contributed by atoms with E-state index in [4.69, 9.17) is 15.7 Å². The lowest BCUT2D eigenvalue weighted by molar-refractivity contribution is -0.139. The second-order valence-corrected chi connectivity index (χ2v) is 7.20. The third-order valence-electron chi connectivity index (χ3n) is 3.57. The van der Waals surface area contributed by atoms with Crippen LogP contribution in [0.3, 0.4) is 0 Å². The van der Waals surface area contributed by atoms with Crippen LogP contribution < -0.4 is 16.4 Å². The maximum atomic E-state index is 12.2. The van der Waals surface area contributed by atoms with Crippen molar-refractivity contribution in [2.24, 2.45) is 5.16 Å². The van der Waals surface area contributed by atoms with Crippen LogP contribution in [0.15, 0.2) is 21.8 Å². The molecule has 0 saturated carbocycles. The molecule has 24 heavy (non-hydrogen) atoms. The van der Waals surface area contributed by atoms with Gasteiger partial charge in [-0.1, -0.05) is 5.16 Å². The number of cyclic esters (lactones) is 1. The van der Waals surface area contributed by atoms with Gasteiger partial charge in [0.25, 0.3) is 5.91 Å². The Hall–Kier alpha value is -2.27. The Bertz CT molecular complexity index is 744. The summed E-state index contributed by atoms with van der Waals surface area (Å²) in [7, 11) is 0. The molecule has 1 amide bonds. The van der Waals surface area contributed by atoms with E-state index in [1.807, 2.05) is 6.92 Å². The highest BCUT2D eigenvalue weighted by molar-refractivity contribution is 8.00. The Labute approximate surface area is 145 Å². The Morgan fingerprint density at radius 1 is 1.67 bits per heavy atom. The molecule has 11 heteroatoms. The molecule has 2 unspecified atom stereocenters. The van der Waals surface area contributed by atoms with E-state index in [9.17, 15) is 9.59 Å². The number of thiazole rings is 1. The van der Waals surface area contributed by atoms with Crippen molar-refractivity contribution in [2.75, 3.05) is 18.0 Å². The van der Waals surface area contributed by atoms with Gasteiger partial charge in [-0.15, -0.1) is 23.1 Å². The molecule has 1 aromatic rings. The highest BCUT2D eigenvalue weighted by atomic mass is 32.2. The molecule has 5 N–H and O–H groups in total. The summed E-state index contributed by atoms with van der Waals surface area (Å²) in [5.74, 6) is -0.295. The van der Waals surface area contributed by atoms with Crippen molar-refractivity contribution in [1.82, 2.24) is 15.6 Å². The number of nitrogens with zero attached hydrogens (tertiary/aromatic N) is 2. The maximum absolute atomic E-state index is 12.2. The number of oxime groups is 1. The fraction of sp³-hybridized carbons (Fsp3) is 0.385. The van der Waals surface area contributed by atoms with Crippen LogP contribution in [0.4, 0.5) is 5.13 Å². The number of aromatic nitrogens is 1. The van der Waals surface area contributed by atoms with Gasteiger partial charge < -0.3 is 26.3 Å². The zero-order valence-corrected chi connectivity index (χ0v) is 14.2. The molecule has 0 saturated heterocycles. The number of anilines is 1. The summed E-state index contributed by atoms with van der Waals surface area (Å²) in [4.78, 5) is 27.8. The number of hydrogen-bond acceptors (Lipinski definition) is 10. The van der Waals surface area contributed by atoms with Gasteiger partial charge in [0, 0.05) is 23.3 Å². The lowest BCUT2D eigenvalue weighted by Gasteiger charge is -2.24. The van der Waals surface area contributed by atoms with Crippen LogP contribution in [-0.2, 0) is 14.3 Å². The smallest absolute Gasteiger partial charge is 0.355 e. The molecule has 3 heterocycles. The van der Waals surface area contributed by atoms with Crippen LogP contribution >= 0.6 is 23.1 Å². The van der Waals surface area contributed by atoms with E-state index < -0.39 is 5.91 Å². The summed E-state index contributed by atoms with van der Waals surface area (Å²) in [6, 6.07) is 0. The van der Waals surface area contributed by atoms with Crippen molar-refractivity contribution in [3.63, 3.8) is 0 Å². The molecule has 0 bridgehead atoms. The molecule has 1 aromatic heterocycles. The molecular formula is C13H15N5O4S2. The molecule has 0 aliphatic carbocycles. The molecule has 0 aromatic carbocycles. The van der Waals surface area contributed by atoms with Crippen molar-refractivity contribution in [2.45, 2.75) is 18.4 Å². The molecule has 0 spiro atoms. The fourth-order valence-electron chi connectivity index (χ4n) is 2.35. The predicted molar refractivity (Wildman–Crippen MR) is 89.8 cm³/mol. The number of nitrogens with two attached hydrogens (primary N) is 1. The first-order valence-corrected chi connectivity index (χ1v) is 8.96. The number of hydrogen-bond donors (Lipinski definition) is 4. The Morgan fingerprint density at radius 2 is 2.46 bits per heavy atom. The summed E-state index contributed by atoms with van der Waals surface area (Å²) in [6.07, 6.45) is -0.216. The highest BCUT2D eigenvalue weighted by Gasteiger charge is 2.36. The summed E-state index contributed by atoms with van der Waals surface area (Å²) < 4.78 is 5.15. The number of esters is 1. The van der Waals surface area contributed by atoms with E-state index in [-0.39, 0.29) is 40.5 Å². The number of ether oxygens (including phenoxy) is 1. The number of nitrogens with one attached hydrogen (secondary N) is 2. The van der Waals surface area contributed by atoms with Gasteiger partial charge in [-0.05, 0) is 6.92 Å². The van der Waals surface area contributed by atoms with Crippen molar-refractivity contribution >= 4 is 45.8 Å². The topological polar surface area (TPSA) is 139 Å². The van der Waals surface area contributed by atoms with E-state index in [1.165, 1.54) is 5.38 Å². The molecular weight excluding hydrogens is 354 g/mol. The van der Waals surface area contributed by atoms with Gasteiger partial charge in [0.15, 0.2) is 10.8 Å². The molecule has 128 valence electrons. The van der Waals surface area contributed by atoms with Crippen LogP contribution in [0, 0.1) is 0 Å². The summed E-state index contributed by atoms with van der Waals surface area (Å²) in [5, 5.41) is 19.4. The number of rotatable bonds is 4. The zero-order valence-electron chi connectivity index (χ0n) is 12.6. The van der Waals surface area contributed by atoms with Gasteiger partial charge in [0.2, 0.25) is 0 Å². The van der Waals surface area contributed by atoms with Crippen molar-refractivity contribution in [1.29, 1.82) is 0 Å². The fourth-order valence-corrected chi connectivity index (χ4v) is 4.06. The minimum absolute atomic E-state index is 0.189. The second kappa shape index (κ2) is 6.69. The lowest BCUT2D eigenvalue weighted by atomic mass is 10.1. The number of carbonyl (C=O) groups is 2. The summed E-state index contributed by atoms with van der Waals surface area (Å²) in [6.45, 7) is 2.06. The standard InChI is InChI=1S/C13H15N5O4S2/c1-5-6-3-23-8(17-9(6)12(20)22-5)2-15-11(19)10(18-21)7-4-24-13(14)16-7/h4-5,8,17,21H,2-3H2,1H3,(H2,14,16)(H,15,19)/b18-10-. The van der Waals surface area contributed by atoms with Crippen LogP contribution in [0.2, 0.25) is 0 Å².